The lowest BCUT2D eigenvalue weighted by Gasteiger charge is -2.06. The zero-order valence-corrected chi connectivity index (χ0v) is 8.74. The second-order valence-electron chi connectivity index (χ2n) is 3.02. The van der Waals surface area contributed by atoms with Crippen molar-refractivity contribution < 1.29 is 26.8 Å². The number of oxime groups is 1. The molecule has 17 heavy (non-hydrogen) atoms. The van der Waals surface area contributed by atoms with Crippen molar-refractivity contribution in [2.24, 2.45) is 5.16 Å². The Balaban J connectivity index is 3.03. The number of hydrogen-bond donors (Lipinski definition) is 0. The van der Waals surface area contributed by atoms with Gasteiger partial charge in [0.1, 0.15) is 6.61 Å². The molecule has 0 saturated carbocycles. The first-order valence-electron chi connectivity index (χ1n) is 4.64. The van der Waals surface area contributed by atoms with E-state index in [0.29, 0.717) is 6.42 Å². The monoisotopic (exact) mass is 253 g/mol. The SMILES string of the molecule is CC/C=N\OCc1c(F)c(F)c(F)c(F)c1F. The van der Waals surface area contributed by atoms with Crippen molar-refractivity contribution in [1.82, 2.24) is 0 Å². The Morgan fingerprint density at radius 1 is 0.941 bits per heavy atom. The minimum atomic E-state index is -2.19. The molecule has 94 valence electrons. The van der Waals surface area contributed by atoms with Crippen LogP contribution in [0.1, 0.15) is 18.9 Å². The van der Waals surface area contributed by atoms with Crippen LogP contribution < -0.4 is 0 Å². The van der Waals surface area contributed by atoms with Crippen LogP contribution in [-0.2, 0) is 11.4 Å². The number of hydrogen-bond acceptors (Lipinski definition) is 2. The van der Waals surface area contributed by atoms with E-state index in [9.17, 15) is 22.0 Å². The van der Waals surface area contributed by atoms with Gasteiger partial charge in [-0.05, 0) is 6.42 Å². The molecule has 7 heteroatoms. The molecule has 0 radical (unpaired) electrons. The standard InChI is InChI=1S/C10H8F5NO/c1-2-3-16-17-4-5-6(11)8(13)10(15)9(14)7(5)12/h3H,2,4H2,1H3/b16-3-. The Morgan fingerprint density at radius 3 is 1.88 bits per heavy atom. The van der Waals surface area contributed by atoms with Gasteiger partial charge in [0.05, 0.1) is 5.56 Å². The molecular formula is C10H8F5NO. The predicted molar refractivity (Wildman–Crippen MR) is 49.8 cm³/mol. The molecule has 1 rings (SSSR count). The smallest absolute Gasteiger partial charge is 0.200 e. The molecule has 1 aromatic carbocycles. The van der Waals surface area contributed by atoms with Gasteiger partial charge in [-0.2, -0.15) is 0 Å². The van der Waals surface area contributed by atoms with Gasteiger partial charge in [-0.15, -0.1) is 0 Å². The van der Waals surface area contributed by atoms with E-state index in [1.165, 1.54) is 6.21 Å². The van der Waals surface area contributed by atoms with Gasteiger partial charge in [0, 0.05) is 6.21 Å². The van der Waals surface area contributed by atoms with Crippen LogP contribution in [0.25, 0.3) is 0 Å². The molecule has 0 aliphatic carbocycles. The van der Waals surface area contributed by atoms with Crippen molar-refractivity contribution in [3.05, 3.63) is 34.6 Å². The maximum Gasteiger partial charge on any atom is 0.200 e. The maximum atomic E-state index is 13.1. The highest BCUT2D eigenvalue weighted by molar-refractivity contribution is 5.55. The fourth-order valence-corrected chi connectivity index (χ4v) is 1.01. The quantitative estimate of drug-likeness (QED) is 0.265. The van der Waals surface area contributed by atoms with Crippen LogP contribution in [0.15, 0.2) is 5.16 Å². The first-order valence-corrected chi connectivity index (χ1v) is 4.64. The molecule has 0 atom stereocenters. The van der Waals surface area contributed by atoms with Gasteiger partial charge >= 0.3 is 0 Å². The first kappa shape index (κ1) is 13.4. The van der Waals surface area contributed by atoms with Crippen molar-refractivity contribution in [2.75, 3.05) is 0 Å². The highest BCUT2D eigenvalue weighted by Gasteiger charge is 2.25. The summed E-state index contributed by atoms with van der Waals surface area (Å²) in [5.74, 6) is -10.0. The third-order valence-electron chi connectivity index (χ3n) is 1.84. The van der Waals surface area contributed by atoms with Gasteiger partial charge in [0.15, 0.2) is 23.3 Å². The predicted octanol–water partition coefficient (Wildman–Crippen LogP) is 3.29. The largest absolute Gasteiger partial charge is 0.391 e. The van der Waals surface area contributed by atoms with Crippen LogP contribution in [0.2, 0.25) is 0 Å². The van der Waals surface area contributed by atoms with E-state index >= 15 is 0 Å². The fraction of sp³-hybridized carbons (Fsp3) is 0.300. The zero-order valence-electron chi connectivity index (χ0n) is 8.74. The van der Waals surface area contributed by atoms with Gasteiger partial charge in [0.25, 0.3) is 0 Å². The average Bonchev–Trinajstić information content (AvgIpc) is 2.33. The second kappa shape index (κ2) is 5.60. The van der Waals surface area contributed by atoms with E-state index in [2.05, 4.69) is 9.99 Å². The number of nitrogens with zero attached hydrogens (tertiary/aromatic N) is 1. The summed E-state index contributed by atoms with van der Waals surface area (Å²) in [6.45, 7) is 0.896. The average molecular weight is 253 g/mol. The molecule has 0 spiro atoms. The first-order chi connectivity index (χ1) is 8.00. The number of rotatable bonds is 4. The summed E-state index contributed by atoms with van der Waals surface area (Å²) in [5, 5.41) is 3.25. The number of halogens is 5. The number of benzene rings is 1. The van der Waals surface area contributed by atoms with Gasteiger partial charge in [0.2, 0.25) is 5.82 Å². The van der Waals surface area contributed by atoms with Gasteiger partial charge in [-0.25, -0.2) is 22.0 Å². The van der Waals surface area contributed by atoms with Crippen LogP contribution in [0.3, 0.4) is 0 Å². The lowest BCUT2D eigenvalue weighted by atomic mass is 10.2. The molecule has 2 nitrogen and oxygen atoms in total. The van der Waals surface area contributed by atoms with E-state index in [0.717, 1.165) is 0 Å². The maximum absolute atomic E-state index is 13.1. The molecule has 0 aliphatic rings. The molecule has 0 aliphatic heterocycles. The summed E-state index contributed by atoms with van der Waals surface area (Å²) >= 11 is 0. The normalized spacial score (nSPS) is 11.2. The summed E-state index contributed by atoms with van der Waals surface area (Å²) < 4.78 is 64.2. The highest BCUT2D eigenvalue weighted by atomic mass is 19.2. The van der Waals surface area contributed by atoms with E-state index in [4.69, 9.17) is 0 Å². The molecular weight excluding hydrogens is 245 g/mol. The summed E-state index contributed by atoms with van der Waals surface area (Å²) in [4.78, 5) is 4.41. The Labute approximate surface area is 93.7 Å². The van der Waals surface area contributed by atoms with E-state index in [1.54, 1.807) is 6.92 Å². The Bertz CT molecular complexity index is 418. The van der Waals surface area contributed by atoms with Gasteiger partial charge < -0.3 is 4.84 Å². The summed E-state index contributed by atoms with van der Waals surface area (Å²) in [7, 11) is 0. The minimum Gasteiger partial charge on any atom is -0.391 e. The fourth-order valence-electron chi connectivity index (χ4n) is 1.01. The topological polar surface area (TPSA) is 21.6 Å². The van der Waals surface area contributed by atoms with Crippen molar-refractivity contribution in [1.29, 1.82) is 0 Å². The van der Waals surface area contributed by atoms with Crippen molar-refractivity contribution in [2.45, 2.75) is 20.0 Å². The highest BCUT2D eigenvalue weighted by Crippen LogP contribution is 2.23. The van der Waals surface area contributed by atoms with Crippen LogP contribution in [-0.4, -0.2) is 6.21 Å². The van der Waals surface area contributed by atoms with Crippen LogP contribution in [0.5, 0.6) is 0 Å². The molecule has 1 aromatic rings. The summed E-state index contributed by atoms with van der Waals surface area (Å²) in [6, 6.07) is 0. The van der Waals surface area contributed by atoms with Crippen LogP contribution in [0, 0.1) is 29.1 Å². The Hall–Kier alpha value is -1.66. The summed E-state index contributed by atoms with van der Waals surface area (Å²) in [6.07, 6.45) is 1.79. The molecule has 0 amide bonds. The lowest BCUT2D eigenvalue weighted by Crippen LogP contribution is -2.07. The molecule has 0 saturated heterocycles. The zero-order chi connectivity index (χ0) is 13.0. The van der Waals surface area contributed by atoms with E-state index in [1.807, 2.05) is 0 Å². The van der Waals surface area contributed by atoms with E-state index < -0.39 is 41.3 Å². The van der Waals surface area contributed by atoms with Crippen LogP contribution in [0.4, 0.5) is 22.0 Å². The minimum absolute atomic E-state index is 0.511. The third kappa shape index (κ3) is 2.72. The van der Waals surface area contributed by atoms with Crippen molar-refractivity contribution in [3.63, 3.8) is 0 Å². The van der Waals surface area contributed by atoms with Crippen molar-refractivity contribution >= 4 is 6.21 Å². The molecule has 0 N–H and O–H groups in total. The lowest BCUT2D eigenvalue weighted by molar-refractivity contribution is 0.124. The molecule has 0 unspecified atom stereocenters. The van der Waals surface area contributed by atoms with Gasteiger partial charge in [-0.3, -0.25) is 0 Å². The van der Waals surface area contributed by atoms with Crippen LogP contribution >= 0.6 is 0 Å². The molecule has 0 aromatic heterocycles. The van der Waals surface area contributed by atoms with Gasteiger partial charge in [-0.1, -0.05) is 12.1 Å². The summed E-state index contributed by atoms with van der Waals surface area (Å²) in [5.41, 5.74) is -1.05. The third-order valence-corrected chi connectivity index (χ3v) is 1.84. The second-order valence-corrected chi connectivity index (χ2v) is 3.02. The molecule has 0 fully saturated rings. The Morgan fingerprint density at radius 2 is 1.41 bits per heavy atom. The van der Waals surface area contributed by atoms with E-state index in [-0.39, 0.29) is 0 Å². The molecule has 0 bridgehead atoms. The molecule has 0 heterocycles. The Kier molecular flexibility index (Phi) is 4.42. The van der Waals surface area contributed by atoms with Crippen molar-refractivity contribution in [3.8, 4) is 0 Å².